The van der Waals surface area contributed by atoms with Crippen molar-refractivity contribution in [2.45, 2.75) is 60.8 Å². The van der Waals surface area contributed by atoms with E-state index in [0.29, 0.717) is 6.54 Å². The molecule has 2 heterocycles. The summed E-state index contributed by atoms with van der Waals surface area (Å²) in [6.07, 6.45) is 4.16. The van der Waals surface area contributed by atoms with Crippen molar-refractivity contribution in [3.8, 4) is 0 Å². The van der Waals surface area contributed by atoms with E-state index in [1.807, 2.05) is 41.5 Å². The van der Waals surface area contributed by atoms with Crippen LogP contribution in [0.2, 0.25) is 0 Å². The number of piperazine rings is 1. The van der Waals surface area contributed by atoms with Crippen LogP contribution in [0.3, 0.4) is 0 Å². The van der Waals surface area contributed by atoms with Gasteiger partial charge in [0.2, 0.25) is 5.91 Å². The number of nitrogens with one attached hydrogen (secondary N) is 1. The van der Waals surface area contributed by atoms with Crippen molar-refractivity contribution in [3.05, 3.63) is 0 Å². The Morgan fingerprint density at radius 1 is 0.680 bits per heavy atom. The van der Waals surface area contributed by atoms with Gasteiger partial charge in [-0.3, -0.25) is 14.6 Å². The molecule has 0 saturated carbocycles. The Balaban J connectivity index is 0. The highest BCUT2D eigenvalue weighted by Crippen LogP contribution is 2.09. The summed E-state index contributed by atoms with van der Waals surface area (Å²) in [6.45, 7) is 21.8. The largest absolute Gasteiger partial charge is 0.358 e. The highest BCUT2D eigenvalue weighted by molar-refractivity contribution is 5.77. The Kier molecular flexibility index (Phi) is 20.9. The summed E-state index contributed by atoms with van der Waals surface area (Å²) < 4.78 is 0. The van der Waals surface area contributed by atoms with Gasteiger partial charge in [-0.05, 0) is 25.9 Å². The number of carbonyl (C=O) groups is 1. The SMILES string of the molecule is CC.CC.CC.CNC(=O)CN1CCN(CCN2CCCCC2)CC1. The first kappa shape index (κ1) is 26.6. The third kappa shape index (κ3) is 13.2. The van der Waals surface area contributed by atoms with Gasteiger partial charge in [0, 0.05) is 46.3 Å². The first-order valence-electron chi connectivity index (χ1n) is 10.7. The average molecular weight is 359 g/mol. The molecule has 2 aliphatic rings. The number of nitrogens with zero attached hydrogens (tertiary/aromatic N) is 3. The van der Waals surface area contributed by atoms with E-state index >= 15 is 0 Å². The molecule has 0 aromatic heterocycles. The number of likely N-dealkylation sites (tertiary alicyclic amines) is 1. The summed E-state index contributed by atoms with van der Waals surface area (Å²) in [5.74, 6) is 0.127. The van der Waals surface area contributed by atoms with Crippen LogP contribution < -0.4 is 5.32 Å². The van der Waals surface area contributed by atoms with Crippen molar-refractivity contribution in [2.24, 2.45) is 0 Å². The molecule has 0 aromatic rings. The number of amides is 1. The number of carbonyl (C=O) groups excluding carboxylic acids is 1. The summed E-state index contributed by atoms with van der Waals surface area (Å²) >= 11 is 0. The van der Waals surface area contributed by atoms with Crippen LogP contribution in [-0.4, -0.2) is 86.6 Å². The van der Waals surface area contributed by atoms with Crippen molar-refractivity contribution in [3.63, 3.8) is 0 Å². The van der Waals surface area contributed by atoms with E-state index in [9.17, 15) is 4.79 Å². The van der Waals surface area contributed by atoms with Crippen molar-refractivity contribution in [1.29, 1.82) is 0 Å². The molecule has 0 spiro atoms. The van der Waals surface area contributed by atoms with E-state index < -0.39 is 0 Å². The van der Waals surface area contributed by atoms with Gasteiger partial charge >= 0.3 is 0 Å². The van der Waals surface area contributed by atoms with Crippen molar-refractivity contribution in [1.82, 2.24) is 20.0 Å². The molecule has 0 radical (unpaired) electrons. The maximum Gasteiger partial charge on any atom is 0.233 e. The predicted octanol–water partition coefficient (Wildman–Crippen LogP) is 2.91. The molecule has 0 unspecified atom stereocenters. The average Bonchev–Trinajstić information content (AvgIpc) is 2.72. The summed E-state index contributed by atoms with van der Waals surface area (Å²) in [5, 5.41) is 2.69. The second kappa shape index (κ2) is 19.7. The van der Waals surface area contributed by atoms with Crippen LogP contribution in [0.15, 0.2) is 0 Å². The highest BCUT2D eigenvalue weighted by Gasteiger charge is 2.19. The Morgan fingerprint density at radius 2 is 1.08 bits per heavy atom. The van der Waals surface area contributed by atoms with Crippen LogP contribution >= 0.6 is 0 Å². The van der Waals surface area contributed by atoms with E-state index in [-0.39, 0.29) is 5.91 Å². The van der Waals surface area contributed by atoms with Crippen LogP contribution in [0.25, 0.3) is 0 Å². The molecule has 0 aromatic carbocycles. The third-order valence-electron chi connectivity index (χ3n) is 4.29. The van der Waals surface area contributed by atoms with E-state index in [2.05, 4.69) is 20.0 Å². The molecule has 152 valence electrons. The minimum absolute atomic E-state index is 0.127. The molecule has 2 saturated heterocycles. The van der Waals surface area contributed by atoms with Crippen LogP contribution in [0, 0.1) is 0 Å². The van der Waals surface area contributed by atoms with Gasteiger partial charge in [-0.15, -0.1) is 0 Å². The highest BCUT2D eigenvalue weighted by atomic mass is 16.1. The Bertz CT molecular complexity index is 273. The lowest BCUT2D eigenvalue weighted by molar-refractivity contribution is -0.122. The zero-order valence-electron chi connectivity index (χ0n) is 18.2. The van der Waals surface area contributed by atoms with E-state index in [4.69, 9.17) is 0 Å². The minimum atomic E-state index is 0.127. The zero-order chi connectivity index (χ0) is 19.5. The minimum Gasteiger partial charge on any atom is -0.358 e. The van der Waals surface area contributed by atoms with Crippen LogP contribution in [0.4, 0.5) is 0 Å². The molecule has 2 fully saturated rings. The number of rotatable bonds is 5. The second-order valence-electron chi connectivity index (χ2n) is 5.69. The van der Waals surface area contributed by atoms with E-state index in [1.165, 1.54) is 45.4 Å². The maximum absolute atomic E-state index is 11.3. The number of hydrogen-bond acceptors (Lipinski definition) is 4. The van der Waals surface area contributed by atoms with Gasteiger partial charge < -0.3 is 10.2 Å². The lowest BCUT2D eigenvalue weighted by atomic mass is 10.1. The van der Waals surface area contributed by atoms with Gasteiger partial charge in [0.1, 0.15) is 0 Å². The number of piperidine rings is 1. The fourth-order valence-corrected chi connectivity index (χ4v) is 2.92. The van der Waals surface area contributed by atoms with Gasteiger partial charge in [-0.2, -0.15) is 0 Å². The molecular formula is C20H46N4O. The van der Waals surface area contributed by atoms with Crippen LogP contribution in [-0.2, 0) is 4.79 Å². The van der Waals surface area contributed by atoms with Crippen LogP contribution in [0.5, 0.6) is 0 Å². The van der Waals surface area contributed by atoms with Crippen molar-refractivity contribution in [2.75, 3.05) is 66.0 Å². The monoisotopic (exact) mass is 358 g/mol. The molecule has 0 atom stereocenters. The maximum atomic E-state index is 11.3. The third-order valence-corrected chi connectivity index (χ3v) is 4.29. The molecule has 0 bridgehead atoms. The van der Waals surface area contributed by atoms with Gasteiger partial charge in [0.15, 0.2) is 0 Å². The summed E-state index contributed by atoms with van der Waals surface area (Å²) in [7, 11) is 1.71. The molecule has 1 amide bonds. The topological polar surface area (TPSA) is 38.8 Å². The summed E-state index contributed by atoms with van der Waals surface area (Å²) in [4.78, 5) is 18.7. The van der Waals surface area contributed by atoms with Crippen molar-refractivity contribution >= 4 is 5.91 Å². The molecule has 5 nitrogen and oxygen atoms in total. The molecule has 2 aliphatic heterocycles. The number of likely N-dealkylation sites (N-methyl/N-ethyl adjacent to an activating group) is 1. The summed E-state index contributed by atoms with van der Waals surface area (Å²) in [6, 6.07) is 0. The second-order valence-corrected chi connectivity index (χ2v) is 5.69. The molecular weight excluding hydrogens is 312 g/mol. The lowest BCUT2D eigenvalue weighted by Crippen LogP contribution is -2.50. The fraction of sp³-hybridized carbons (Fsp3) is 0.950. The lowest BCUT2D eigenvalue weighted by Gasteiger charge is -2.36. The Labute approximate surface area is 158 Å². The fourth-order valence-electron chi connectivity index (χ4n) is 2.92. The van der Waals surface area contributed by atoms with Gasteiger partial charge in [-0.1, -0.05) is 48.0 Å². The Hall–Kier alpha value is -0.650. The summed E-state index contributed by atoms with van der Waals surface area (Å²) in [5.41, 5.74) is 0. The normalized spacial score (nSPS) is 18.5. The predicted molar refractivity (Wildman–Crippen MR) is 111 cm³/mol. The first-order chi connectivity index (χ1) is 12.3. The standard InChI is InChI=1S/C14H28N4O.3C2H6/c1-15-14(19)13-18-11-9-17(10-12-18)8-7-16-5-3-2-4-6-16;3*1-2/h2-13H2,1H3,(H,15,19);3*1-2H3. The van der Waals surface area contributed by atoms with Gasteiger partial charge in [0.25, 0.3) is 0 Å². The molecule has 5 heteroatoms. The number of hydrogen-bond donors (Lipinski definition) is 1. The zero-order valence-corrected chi connectivity index (χ0v) is 18.2. The van der Waals surface area contributed by atoms with Crippen LogP contribution in [0.1, 0.15) is 60.8 Å². The van der Waals surface area contributed by atoms with E-state index in [1.54, 1.807) is 7.05 Å². The smallest absolute Gasteiger partial charge is 0.233 e. The van der Waals surface area contributed by atoms with Crippen molar-refractivity contribution < 1.29 is 4.79 Å². The van der Waals surface area contributed by atoms with Gasteiger partial charge in [-0.25, -0.2) is 0 Å². The quantitative estimate of drug-likeness (QED) is 0.820. The van der Waals surface area contributed by atoms with E-state index in [0.717, 1.165) is 26.2 Å². The molecule has 1 N–H and O–H groups in total. The molecule has 25 heavy (non-hydrogen) atoms. The van der Waals surface area contributed by atoms with Gasteiger partial charge in [0.05, 0.1) is 6.54 Å². The first-order valence-corrected chi connectivity index (χ1v) is 10.7. The Morgan fingerprint density at radius 3 is 1.52 bits per heavy atom. The molecule has 2 rings (SSSR count). The molecule has 0 aliphatic carbocycles.